The molecule has 0 bridgehead atoms. The molecule has 1 unspecified atom stereocenters. The predicted octanol–water partition coefficient (Wildman–Crippen LogP) is -0.282. The highest BCUT2D eigenvalue weighted by Crippen LogP contribution is 2.43. The Hall–Kier alpha value is -2.23. The number of nitrogens with zero attached hydrogens (tertiary/aromatic N) is 1. The molecule has 146 valence electrons. The summed E-state index contributed by atoms with van der Waals surface area (Å²) in [6, 6.07) is 1.49. The summed E-state index contributed by atoms with van der Waals surface area (Å²) in [5.74, 6) is 0.447. The van der Waals surface area contributed by atoms with Gasteiger partial charge in [-0.1, -0.05) is 0 Å². The van der Waals surface area contributed by atoms with Crippen molar-refractivity contribution in [3.63, 3.8) is 0 Å². The number of β-amino-alcohol motifs (C(OH)–C–C–N with tert-alkyl or cyclic N) is 1. The second-order valence-electron chi connectivity index (χ2n) is 5.88. The van der Waals surface area contributed by atoms with Crippen LogP contribution in [0, 0.1) is 0 Å². The molecular formula is C17H27N3O6. The number of benzene rings is 1. The second kappa shape index (κ2) is 9.46. The molecule has 4 N–H and O–H groups in total. The van der Waals surface area contributed by atoms with Crippen LogP contribution >= 0.6 is 0 Å². The van der Waals surface area contributed by atoms with Crippen LogP contribution in [0.4, 0.5) is 5.69 Å². The van der Waals surface area contributed by atoms with Gasteiger partial charge in [-0.15, -0.1) is 0 Å². The predicted molar refractivity (Wildman–Crippen MR) is 96.1 cm³/mol. The van der Waals surface area contributed by atoms with Gasteiger partial charge in [0.05, 0.1) is 51.9 Å². The highest BCUT2D eigenvalue weighted by Gasteiger charge is 2.23. The van der Waals surface area contributed by atoms with Gasteiger partial charge in [-0.3, -0.25) is 9.69 Å². The van der Waals surface area contributed by atoms with Gasteiger partial charge in [0, 0.05) is 26.2 Å². The molecule has 0 radical (unpaired) electrons. The van der Waals surface area contributed by atoms with E-state index in [1.54, 1.807) is 0 Å². The van der Waals surface area contributed by atoms with Crippen molar-refractivity contribution < 1.29 is 28.8 Å². The van der Waals surface area contributed by atoms with Crippen molar-refractivity contribution in [2.24, 2.45) is 0 Å². The highest BCUT2D eigenvalue weighted by molar-refractivity contribution is 6.01. The molecule has 1 heterocycles. The van der Waals surface area contributed by atoms with Gasteiger partial charge < -0.3 is 35.1 Å². The molecule has 26 heavy (non-hydrogen) atoms. The van der Waals surface area contributed by atoms with Gasteiger partial charge in [-0.05, 0) is 6.07 Å². The number of rotatable bonds is 8. The maximum Gasteiger partial charge on any atom is 0.253 e. The summed E-state index contributed by atoms with van der Waals surface area (Å²) < 4.78 is 21.0. The molecule has 1 aromatic rings. The summed E-state index contributed by atoms with van der Waals surface area (Å²) in [7, 11) is 4.35. The summed E-state index contributed by atoms with van der Waals surface area (Å²) >= 11 is 0. The quantitative estimate of drug-likeness (QED) is 0.536. The van der Waals surface area contributed by atoms with E-state index in [0.717, 1.165) is 13.1 Å². The standard InChI is InChI=1S/C17H27N3O6/c1-23-13-8-12(14(18)16(25-3)15(13)24-2)17(22)19-9-11(21)10-20-4-6-26-7-5-20/h8,11,21H,4-7,9-10,18H2,1-3H3,(H,19,22). The van der Waals surface area contributed by atoms with Crippen molar-refractivity contribution in [2.75, 3.05) is 66.5 Å². The molecule has 1 aromatic carbocycles. The number of aliphatic hydroxyl groups is 1. The number of hydrogen-bond acceptors (Lipinski definition) is 8. The van der Waals surface area contributed by atoms with Crippen molar-refractivity contribution in [1.82, 2.24) is 10.2 Å². The lowest BCUT2D eigenvalue weighted by molar-refractivity contribution is 0.0149. The third-order valence-corrected chi connectivity index (χ3v) is 4.18. The zero-order valence-electron chi connectivity index (χ0n) is 15.4. The van der Waals surface area contributed by atoms with Crippen molar-refractivity contribution in [2.45, 2.75) is 6.10 Å². The Balaban J connectivity index is 2.04. The normalized spacial score (nSPS) is 16.0. The largest absolute Gasteiger partial charge is 0.493 e. The van der Waals surface area contributed by atoms with Gasteiger partial charge in [-0.2, -0.15) is 0 Å². The molecule has 1 fully saturated rings. The zero-order chi connectivity index (χ0) is 19.1. The van der Waals surface area contributed by atoms with Crippen LogP contribution in [0.2, 0.25) is 0 Å². The lowest BCUT2D eigenvalue weighted by Gasteiger charge is -2.28. The Morgan fingerprint density at radius 3 is 2.50 bits per heavy atom. The maximum absolute atomic E-state index is 12.5. The lowest BCUT2D eigenvalue weighted by Crippen LogP contribution is -2.44. The topological polar surface area (TPSA) is 116 Å². The van der Waals surface area contributed by atoms with Gasteiger partial charge in [-0.25, -0.2) is 0 Å². The Bertz CT molecular complexity index is 619. The molecule has 1 saturated heterocycles. The SMILES string of the molecule is COc1cc(C(=O)NCC(O)CN2CCOCC2)c(N)c(OC)c1OC. The van der Waals surface area contributed by atoms with Gasteiger partial charge in [0.1, 0.15) is 0 Å². The summed E-state index contributed by atoms with van der Waals surface area (Å²) in [6.07, 6.45) is -0.694. The van der Waals surface area contributed by atoms with E-state index in [-0.39, 0.29) is 23.5 Å². The van der Waals surface area contributed by atoms with Crippen molar-refractivity contribution in [3.05, 3.63) is 11.6 Å². The van der Waals surface area contributed by atoms with Crippen molar-refractivity contribution >= 4 is 11.6 Å². The fourth-order valence-electron chi connectivity index (χ4n) is 2.82. The minimum absolute atomic E-state index is 0.103. The van der Waals surface area contributed by atoms with E-state index in [0.29, 0.717) is 31.3 Å². The van der Waals surface area contributed by atoms with Gasteiger partial charge in [0.15, 0.2) is 11.5 Å². The first-order valence-electron chi connectivity index (χ1n) is 8.36. The molecule has 0 aromatic heterocycles. The number of nitrogens with one attached hydrogen (secondary N) is 1. The van der Waals surface area contributed by atoms with Gasteiger partial charge >= 0.3 is 0 Å². The fraction of sp³-hybridized carbons (Fsp3) is 0.588. The Labute approximate surface area is 152 Å². The number of hydrogen-bond donors (Lipinski definition) is 3. The van der Waals surface area contributed by atoms with E-state index in [4.69, 9.17) is 24.7 Å². The van der Waals surface area contributed by atoms with E-state index in [1.807, 2.05) is 0 Å². The van der Waals surface area contributed by atoms with Gasteiger partial charge in [0.25, 0.3) is 5.91 Å². The molecule has 1 atom stereocenters. The molecular weight excluding hydrogens is 342 g/mol. The van der Waals surface area contributed by atoms with E-state index in [9.17, 15) is 9.90 Å². The van der Waals surface area contributed by atoms with Crippen molar-refractivity contribution in [1.29, 1.82) is 0 Å². The van der Waals surface area contributed by atoms with Crippen LogP contribution < -0.4 is 25.3 Å². The lowest BCUT2D eigenvalue weighted by atomic mass is 10.1. The minimum atomic E-state index is -0.694. The van der Waals surface area contributed by atoms with Crippen molar-refractivity contribution in [3.8, 4) is 17.2 Å². The summed E-state index contributed by atoms with van der Waals surface area (Å²) in [5, 5.41) is 12.8. The number of amides is 1. The minimum Gasteiger partial charge on any atom is -0.493 e. The van der Waals surface area contributed by atoms with Crippen LogP contribution in [-0.2, 0) is 4.74 Å². The number of nitrogens with two attached hydrogens (primary N) is 1. The number of morpholine rings is 1. The number of nitrogen functional groups attached to an aromatic ring is 1. The van der Waals surface area contributed by atoms with Crippen LogP contribution in [0.3, 0.4) is 0 Å². The Morgan fingerprint density at radius 1 is 1.27 bits per heavy atom. The average Bonchev–Trinajstić information content (AvgIpc) is 2.66. The molecule has 1 amide bonds. The number of ether oxygens (including phenoxy) is 4. The fourth-order valence-corrected chi connectivity index (χ4v) is 2.82. The summed E-state index contributed by atoms with van der Waals surface area (Å²) in [5.41, 5.74) is 6.38. The van der Waals surface area contributed by atoms with E-state index in [1.165, 1.54) is 27.4 Å². The van der Waals surface area contributed by atoms with E-state index < -0.39 is 12.0 Å². The summed E-state index contributed by atoms with van der Waals surface area (Å²) in [6.45, 7) is 3.42. The third-order valence-electron chi connectivity index (χ3n) is 4.18. The molecule has 2 rings (SSSR count). The maximum atomic E-state index is 12.5. The number of aliphatic hydroxyl groups excluding tert-OH is 1. The first kappa shape index (κ1) is 20.1. The van der Waals surface area contributed by atoms with Crippen LogP contribution in [0.1, 0.15) is 10.4 Å². The van der Waals surface area contributed by atoms with E-state index >= 15 is 0 Å². The molecule has 0 aliphatic carbocycles. The number of methoxy groups -OCH3 is 3. The summed E-state index contributed by atoms with van der Waals surface area (Å²) in [4.78, 5) is 14.6. The Morgan fingerprint density at radius 2 is 1.92 bits per heavy atom. The number of anilines is 1. The van der Waals surface area contributed by atoms with Crippen LogP contribution in [0.15, 0.2) is 6.07 Å². The van der Waals surface area contributed by atoms with Crippen LogP contribution in [0.25, 0.3) is 0 Å². The Kier molecular flexibility index (Phi) is 7.31. The third kappa shape index (κ3) is 4.69. The molecule has 9 heteroatoms. The smallest absolute Gasteiger partial charge is 0.253 e. The van der Waals surface area contributed by atoms with Gasteiger partial charge in [0.2, 0.25) is 5.75 Å². The second-order valence-corrected chi connectivity index (χ2v) is 5.88. The molecule has 0 spiro atoms. The first-order chi connectivity index (χ1) is 12.5. The molecule has 0 saturated carbocycles. The number of carbonyl (C=O) groups is 1. The van der Waals surface area contributed by atoms with Crippen LogP contribution in [-0.4, -0.2) is 82.7 Å². The zero-order valence-corrected chi connectivity index (χ0v) is 15.4. The molecule has 1 aliphatic rings. The molecule has 9 nitrogen and oxygen atoms in total. The van der Waals surface area contributed by atoms with Crippen LogP contribution in [0.5, 0.6) is 17.2 Å². The first-order valence-corrected chi connectivity index (χ1v) is 8.36. The molecule has 1 aliphatic heterocycles. The average molecular weight is 369 g/mol. The van der Waals surface area contributed by atoms with E-state index in [2.05, 4.69) is 10.2 Å². The number of carbonyl (C=O) groups excluding carboxylic acids is 1. The monoisotopic (exact) mass is 369 g/mol. The highest BCUT2D eigenvalue weighted by atomic mass is 16.5.